The highest BCUT2D eigenvalue weighted by atomic mass is 79.9. The summed E-state index contributed by atoms with van der Waals surface area (Å²) in [5.74, 6) is -0.0379. The van der Waals surface area contributed by atoms with Crippen LogP contribution in [0.2, 0.25) is 0 Å². The van der Waals surface area contributed by atoms with E-state index in [1.807, 2.05) is 30.3 Å². The Labute approximate surface area is 97.3 Å². The Morgan fingerprint density at radius 1 is 1.29 bits per heavy atom. The maximum Gasteiger partial charge on any atom is 0.162 e. The molecule has 1 atom stereocenters. The monoisotopic (exact) mass is 296 g/mol. The summed E-state index contributed by atoms with van der Waals surface area (Å²) in [5, 5.41) is -0.473. The molecule has 2 nitrogen and oxygen atoms in total. The van der Waals surface area contributed by atoms with Gasteiger partial charge in [0.2, 0.25) is 0 Å². The molecule has 1 aromatic carbocycles. The number of sulfone groups is 1. The largest absolute Gasteiger partial charge is 0.228 e. The Morgan fingerprint density at radius 3 is 2.36 bits per heavy atom. The molecule has 0 N–H and O–H groups in total. The lowest BCUT2D eigenvalue weighted by Crippen LogP contribution is -2.11. The maximum atomic E-state index is 11.3. The van der Waals surface area contributed by atoms with E-state index in [1.54, 1.807) is 0 Å². The molecule has 0 aliphatic rings. The van der Waals surface area contributed by atoms with Crippen LogP contribution in [0, 0.1) is 0 Å². The van der Waals surface area contributed by atoms with Gasteiger partial charge in [-0.3, -0.25) is 0 Å². The Hall–Kier alpha value is -0.0600. The molecule has 14 heavy (non-hydrogen) atoms. The smallest absolute Gasteiger partial charge is 0.162 e. The van der Waals surface area contributed by atoms with Crippen LogP contribution in [0.15, 0.2) is 30.3 Å². The van der Waals surface area contributed by atoms with E-state index in [4.69, 9.17) is 11.6 Å². The molecule has 1 unspecified atom stereocenters. The summed E-state index contributed by atoms with van der Waals surface area (Å²) in [5.41, 5.74) is 0.832. The van der Waals surface area contributed by atoms with Crippen LogP contribution in [0.25, 0.3) is 0 Å². The second kappa shape index (κ2) is 5.14. The van der Waals surface area contributed by atoms with Crippen molar-refractivity contribution in [3.8, 4) is 0 Å². The molecule has 0 aromatic heterocycles. The Bertz CT molecular complexity index is 377. The zero-order chi connectivity index (χ0) is 10.6. The zero-order valence-corrected chi connectivity index (χ0v) is 10.5. The van der Waals surface area contributed by atoms with Crippen molar-refractivity contribution in [1.82, 2.24) is 0 Å². The minimum atomic E-state index is -3.08. The lowest BCUT2D eigenvalue weighted by Gasteiger charge is -2.08. The Morgan fingerprint density at radius 2 is 1.86 bits per heavy atom. The van der Waals surface area contributed by atoms with E-state index in [9.17, 15) is 8.42 Å². The van der Waals surface area contributed by atoms with Crippen LogP contribution in [-0.2, 0) is 9.84 Å². The van der Waals surface area contributed by atoms with Crippen molar-refractivity contribution in [2.45, 2.75) is 5.38 Å². The van der Waals surface area contributed by atoms with Crippen LogP contribution in [0.1, 0.15) is 10.9 Å². The molecule has 0 bridgehead atoms. The number of rotatable bonds is 4. The number of halogens is 2. The van der Waals surface area contributed by atoms with Gasteiger partial charge in [0, 0.05) is 0 Å². The van der Waals surface area contributed by atoms with E-state index in [-0.39, 0.29) is 10.4 Å². The molecule has 5 heteroatoms. The molecule has 0 saturated carbocycles. The fourth-order valence-corrected chi connectivity index (χ4v) is 3.04. The fraction of sp³-hybridized carbons (Fsp3) is 0.333. The third kappa shape index (κ3) is 3.59. The highest BCUT2D eigenvalue weighted by Gasteiger charge is 2.17. The number of hydrogen-bond acceptors (Lipinski definition) is 2. The van der Waals surface area contributed by atoms with Crippen LogP contribution >= 0.6 is 27.5 Å². The van der Waals surface area contributed by atoms with Crippen LogP contribution in [0.4, 0.5) is 0 Å². The Balaban J connectivity index is 2.74. The first kappa shape index (κ1) is 12.0. The van der Waals surface area contributed by atoms with Crippen LogP contribution in [0.5, 0.6) is 0 Å². The van der Waals surface area contributed by atoms with Crippen molar-refractivity contribution in [2.24, 2.45) is 0 Å². The van der Waals surface area contributed by atoms with Gasteiger partial charge in [-0.2, -0.15) is 0 Å². The molecule has 0 fully saturated rings. The summed E-state index contributed by atoms with van der Waals surface area (Å²) in [6.45, 7) is 0. The summed E-state index contributed by atoms with van der Waals surface area (Å²) < 4.78 is 22.5. The quantitative estimate of drug-likeness (QED) is 0.801. The molecule has 0 radical (unpaired) electrons. The van der Waals surface area contributed by atoms with E-state index in [0.29, 0.717) is 0 Å². The molecule has 0 amide bonds. The second-order valence-electron chi connectivity index (χ2n) is 2.90. The summed E-state index contributed by atoms with van der Waals surface area (Å²) >= 11 is 8.89. The first-order valence-electron chi connectivity index (χ1n) is 4.00. The first-order chi connectivity index (χ1) is 6.55. The molecule has 0 saturated heterocycles. The molecule has 78 valence electrons. The molecule has 0 heterocycles. The van der Waals surface area contributed by atoms with E-state index in [2.05, 4.69) is 15.9 Å². The van der Waals surface area contributed by atoms with Gasteiger partial charge in [0.1, 0.15) is 4.66 Å². The molecule has 1 rings (SSSR count). The molecular formula is C9H10BrClO2S. The summed E-state index contributed by atoms with van der Waals surface area (Å²) in [6, 6.07) is 9.19. The van der Waals surface area contributed by atoms with Crippen molar-refractivity contribution >= 4 is 37.4 Å². The standard InChI is InChI=1S/C9H10BrClO2S/c10-7-14(12,13)6-9(11)8-4-2-1-3-5-8/h1-5,9H,6-7H2. The van der Waals surface area contributed by atoms with Crippen LogP contribution in [-0.4, -0.2) is 18.8 Å². The average molecular weight is 298 g/mol. The summed E-state index contributed by atoms with van der Waals surface area (Å²) in [4.78, 5) is 0. The van der Waals surface area contributed by atoms with Gasteiger partial charge in [-0.25, -0.2) is 8.42 Å². The van der Waals surface area contributed by atoms with Gasteiger partial charge < -0.3 is 0 Å². The lowest BCUT2D eigenvalue weighted by atomic mass is 10.2. The van der Waals surface area contributed by atoms with Crippen LogP contribution in [0.3, 0.4) is 0 Å². The second-order valence-corrected chi connectivity index (χ2v) is 6.84. The lowest BCUT2D eigenvalue weighted by molar-refractivity contribution is 0.599. The van der Waals surface area contributed by atoms with Crippen molar-refractivity contribution < 1.29 is 8.42 Å². The SMILES string of the molecule is O=S(=O)(CBr)CC(Cl)c1ccccc1. The Kier molecular flexibility index (Phi) is 4.41. The minimum Gasteiger partial charge on any atom is -0.228 e. The zero-order valence-electron chi connectivity index (χ0n) is 7.36. The van der Waals surface area contributed by atoms with Gasteiger partial charge in [0.25, 0.3) is 0 Å². The average Bonchev–Trinajstić information content (AvgIpc) is 2.19. The van der Waals surface area contributed by atoms with Crippen molar-refractivity contribution in [3.63, 3.8) is 0 Å². The third-order valence-corrected chi connectivity index (χ3v) is 5.58. The van der Waals surface area contributed by atoms with Gasteiger partial charge >= 0.3 is 0 Å². The first-order valence-corrected chi connectivity index (χ1v) is 7.38. The van der Waals surface area contributed by atoms with E-state index >= 15 is 0 Å². The number of hydrogen-bond donors (Lipinski definition) is 0. The molecular weight excluding hydrogens is 288 g/mol. The van der Waals surface area contributed by atoms with Gasteiger partial charge in [0.15, 0.2) is 9.84 Å². The van der Waals surface area contributed by atoms with E-state index in [0.717, 1.165) is 5.56 Å². The minimum absolute atomic E-state index is 0.0379. The van der Waals surface area contributed by atoms with Crippen molar-refractivity contribution in [3.05, 3.63) is 35.9 Å². The topological polar surface area (TPSA) is 34.1 Å². The van der Waals surface area contributed by atoms with Crippen LogP contribution < -0.4 is 0 Å². The molecule has 0 aliphatic heterocycles. The van der Waals surface area contributed by atoms with E-state index < -0.39 is 15.2 Å². The summed E-state index contributed by atoms with van der Waals surface area (Å²) in [7, 11) is -3.08. The maximum absolute atomic E-state index is 11.3. The highest BCUT2D eigenvalue weighted by molar-refractivity contribution is 9.10. The molecule has 0 aliphatic carbocycles. The molecule has 0 spiro atoms. The number of alkyl halides is 2. The summed E-state index contributed by atoms with van der Waals surface area (Å²) in [6.07, 6.45) is 0. The predicted octanol–water partition coefficient (Wildman–Crippen LogP) is 2.73. The van der Waals surface area contributed by atoms with Gasteiger partial charge in [-0.05, 0) is 5.56 Å². The van der Waals surface area contributed by atoms with Gasteiger partial charge in [0.05, 0.1) is 11.1 Å². The van der Waals surface area contributed by atoms with E-state index in [1.165, 1.54) is 0 Å². The number of benzene rings is 1. The highest BCUT2D eigenvalue weighted by Crippen LogP contribution is 2.22. The fourth-order valence-electron chi connectivity index (χ4n) is 1.03. The van der Waals surface area contributed by atoms with Gasteiger partial charge in [-0.15, -0.1) is 11.6 Å². The molecule has 1 aromatic rings. The van der Waals surface area contributed by atoms with Gasteiger partial charge in [-0.1, -0.05) is 46.3 Å². The van der Waals surface area contributed by atoms with Crippen molar-refractivity contribution in [2.75, 3.05) is 10.4 Å². The van der Waals surface area contributed by atoms with Crippen molar-refractivity contribution in [1.29, 1.82) is 0 Å². The third-order valence-electron chi connectivity index (χ3n) is 1.73. The normalized spacial score (nSPS) is 13.9. The predicted molar refractivity (Wildman–Crippen MR) is 62.6 cm³/mol.